The average molecular weight is 425 g/mol. The van der Waals surface area contributed by atoms with E-state index in [1.165, 1.54) is 24.3 Å². The fraction of sp³-hybridized carbons (Fsp3) is 0.190. The van der Waals surface area contributed by atoms with E-state index in [2.05, 4.69) is 15.6 Å². The van der Waals surface area contributed by atoms with Crippen molar-refractivity contribution in [3.63, 3.8) is 0 Å². The Morgan fingerprint density at radius 1 is 0.567 bits per heavy atom. The van der Waals surface area contributed by atoms with E-state index in [0.717, 1.165) is 24.3 Å². The molecule has 0 fully saturated rings. The van der Waals surface area contributed by atoms with Gasteiger partial charge in [-0.05, 0) is 60.7 Å². The van der Waals surface area contributed by atoms with Crippen LogP contribution in [0.1, 0.15) is 22.5 Å². The predicted octanol–water partition coefficient (Wildman–Crippen LogP) is 6.34. The molecule has 1 aromatic heterocycles. The van der Waals surface area contributed by atoms with Crippen molar-refractivity contribution in [3.8, 4) is 0 Å². The van der Waals surface area contributed by atoms with Crippen LogP contribution in [0.15, 0.2) is 66.7 Å². The van der Waals surface area contributed by atoms with Crippen molar-refractivity contribution >= 4 is 11.4 Å². The summed E-state index contributed by atoms with van der Waals surface area (Å²) in [5.74, 6) is 0. The van der Waals surface area contributed by atoms with Crippen molar-refractivity contribution in [2.75, 3.05) is 10.6 Å². The van der Waals surface area contributed by atoms with Crippen LogP contribution in [0.25, 0.3) is 0 Å². The highest BCUT2D eigenvalue weighted by Gasteiger charge is 2.30. The minimum absolute atomic E-state index is 0.305. The second-order valence-electron chi connectivity index (χ2n) is 6.48. The molecule has 0 aliphatic heterocycles. The summed E-state index contributed by atoms with van der Waals surface area (Å²) in [4.78, 5) is 4.43. The van der Waals surface area contributed by atoms with E-state index in [0.29, 0.717) is 35.9 Å². The van der Waals surface area contributed by atoms with Crippen molar-refractivity contribution < 1.29 is 26.3 Å². The minimum Gasteiger partial charge on any atom is -0.379 e. The lowest BCUT2D eigenvalue weighted by atomic mass is 10.2. The van der Waals surface area contributed by atoms with Gasteiger partial charge in [-0.25, -0.2) is 0 Å². The maximum atomic E-state index is 12.6. The zero-order valence-electron chi connectivity index (χ0n) is 15.5. The van der Waals surface area contributed by atoms with Crippen LogP contribution in [0.2, 0.25) is 0 Å². The predicted molar refractivity (Wildman–Crippen MR) is 102 cm³/mol. The first-order valence-corrected chi connectivity index (χ1v) is 8.88. The molecule has 0 aliphatic carbocycles. The molecular formula is C21H17F6N3. The molecule has 0 radical (unpaired) electrons. The number of hydrogen-bond donors (Lipinski definition) is 2. The number of nitrogens with one attached hydrogen (secondary N) is 2. The summed E-state index contributed by atoms with van der Waals surface area (Å²) in [6.45, 7) is 0.610. The monoisotopic (exact) mass is 425 g/mol. The molecule has 0 unspecified atom stereocenters. The smallest absolute Gasteiger partial charge is 0.379 e. The third-order valence-corrected chi connectivity index (χ3v) is 4.24. The summed E-state index contributed by atoms with van der Waals surface area (Å²) in [7, 11) is 0. The van der Waals surface area contributed by atoms with Gasteiger partial charge in [-0.15, -0.1) is 0 Å². The molecule has 2 N–H and O–H groups in total. The Balaban J connectivity index is 1.56. The molecule has 0 bridgehead atoms. The molecule has 30 heavy (non-hydrogen) atoms. The van der Waals surface area contributed by atoms with Gasteiger partial charge in [0.15, 0.2) is 0 Å². The molecule has 0 atom stereocenters. The fourth-order valence-electron chi connectivity index (χ4n) is 2.67. The molecule has 0 amide bonds. The largest absolute Gasteiger partial charge is 0.416 e. The summed E-state index contributed by atoms with van der Waals surface area (Å²) < 4.78 is 75.6. The highest BCUT2D eigenvalue weighted by atomic mass is 19.4. The lowest BCUT2D eigenvalue weighted by Gasteiger charge is -2.11. The first-order valence-electron chi connectivity index (χ1n) is 8.88. The zero-order valence-corrected chi connectivity index (χ0v) is 15.5. The maximum Gasteiger partial charge on any atom is 0.416 e. The fourth-order valence-corrected chi connectivity index (χ4v) is 2.67. The van der Waals surface area contributed by atoms with Gasteiger partial charge in [-0.1, -0.05) is 6.07 Å². The van der Waals surface area contributed by atoms with E-state index in [4.69, 9.17) is 0 Å². The Morgan fingerprint density at radius 2 is 0.933 bits per heavy atom. The molecule has 158 valence electrons. The summed E-state index contributed by atoms with van der Waals surface area (Å²) in [5.41, 5.74) is 0.949. The van der Waals surface area contributed by atoms with E-state index in [1.807, 2.05) is 0 Å². The summed E-state index contributed by atoms with van der Waals surface area (Å²) in [5, 5.41) is 6.01. The zero-order chi connectivity index (χ0) is 21.8. The van der Waals surface area contributed by atoms with Crippen LogP contribution in [0.5, 0.6) is 0 Å². The molecule has 1 heterocycles. The van der Waals surface area contributed by atoms with Crippen molar-refractivity contribution in [3.05, 3.63) is 89.2 Å². The van der Waals surface area contributed by atoms with E-state index in [-0.39, 0.29) is 0 Å². The number of halogens is 6. The summed E-state index contributed by atoms with van der Waals surface area (Å²) >= 11 is 0. The van der Waals surface area contributed by atoms with Crippen molar-refractivity contribution in [1.82, 2.24) is 4.98 Å². The lowest BCUT2D eigenvalue weighted by molar-refractivity contribution is -0.138. The van der Waals surface area contributed by atoms with Gasteiger partial charge < -0.3 is 10.6 Å². The SMILES string of the molecule is FC(F)(F)c1ccc(NCc2cccc(CNc3ccc(C(F)(F)F)cc3)n2)cc1. The Labute approximate surface area is 168 Å². The normalized spacial score (nSPS) is 11.9. The quantitative estimate of drug-likeness (QED) is 0.453. The number of anilines is 2. The molecule has 0 saturated heterocycles. The van der Waals surface area contributed by atoms with Crippen LogP contribution in [0.4, 0.5) is 37.7 Å². The second-order valence-corrected chi connectivity index (χ2v) is 6.48. The Morgan fingerprint density at radius 3 is 1.27 bits per heavy atom. The molecule has 0 aliphatic rings. The molecule has 3 rings (SSSR count). The van der Waals surface area contributed by atoms with Crippen molar-refractivity contribution in [2.45, 2.75) is 25.4 Å². The Hall–Kier alpha value is -3.23. The van der Waals surface area contributed by atoms with Crippen LogP contribution in [-0.4, -0.2) is 4.98 Å². The number of aromatic nitrogens is 1. The van der Waals surface area contributed by atoms with Gasteiger partial charge in [0.05, 0.1) is 35.6 Å². The van der Waals surface area contributed by atoms with Crippen LogP contribution < -0.4 is 10.6 Å². The average Bonchev–Trinajstić information content (AvgIpc) is 2.70. The minimum atomic E-state index is -4.38. The van der Waals surface area contributed by atoms with E-state index in [1.54, 1.807) is 18.2 Å². The van der Waals surface area contributed by atoms with Gasteiger partial charge in [0.2, 0.25) is 0 Å². The van der Waals surface area contributed by atoms with Gasteiger partial charge in [0.1, 0.15) is 0 Å². The Kier molecular flexibility index (Phi) is 6.19. The van der Waals surface area contributed by atoms with Crippen LogP contribution in [-0.2, 0) is 25.4 Å². The van der Waals surface area contributed by atoms with Gasteiger partial charge in [0, 0.05) is 11.4 Å². The van der Waals surface area contributed by atoms with Crippen molar-refractivity contribution in [1.29, 1.82) is 0 Å². The molecule has 3 nitrogen and oxygen atoms in total. The van der Waals surface area contributed by atoms with Gasteiger partial charge in [-0.3, -0.25) is 4.98 Å². The first kappa shape index (κ1) is 21.5. The summed E-state index contributed by atoms with van der Waals surface area (Å²) in [6.07, 6.45) is -8.76. The highest BCUT2D eigenvalue weighted by molar-refractivity contribution is 5.46. The molecular weight excluding hydrogens is 408 g/mol. The van der Waals surface area contributed by atoms with Gasteiger partial charge in [-0.2, -0.15) is 26.3 Å². The van der Waals surface area contributed by atoms with E-state index in [9.17, 15) is 26.3 Å². The lowest BCUT2D eigenvalue weighted by Crippen LogP contribution is -2.08. The van der Waals surface area contributed by atoms with E-state index < -0.39 is 23.5 Å². The molecule has 0 spiro atoms. The van der Waals surface area contributed by atoms with Crippen LogP contribution >= 0.6 is 0 Å². The van der Waals surface area contributed by atoms with E-state index >= 15 is 0 Å². The van der Waals surface area contributed by atoms with Gasteiger partial charge in [0.25, 0.3) is 0 Å². The van der Waals surface area contributed by atoms with Crippen molar-refractivity contribution in [2.24, 2.45) is 0 Å². The molecule has 0 saturated carbocycles. The molecule has 2 aromatic carbocycles. The number of nitrogens with zero attached hydrogens (tertiary/aromatic N) is 1. The third kappa shape index (κ3) is 5.88. The summed E-state index contributed by atoms with van der Waals surface area (Å²) in [6, 6.07) is 14.7. The standard InChI is InChI=1S/C21H17F6N3/c22-20(23,24)14-4-8-16(9-5-14)28-12-18-2-1-3-19(30-18)13-29-17-10-6-15(7-11-17)21(25,26)27/h1-11,28-29H,12-13H2. The maximum absolute atomic E-state index is 12.6. The number of pyridine rings is 1. The Bertz CT molecular complexity index is 887. The van der Waals surface area contributed by atoms with Gasteiger partial charge >= 0.3 is 12.4 Å². The number of rotatable bonds is 6. The van der Waals surface area contributed by atoms with Crippen LogP contribution in [0.3, 0.4) is 0 Å². The topological polar surface area (TPSA) is 37.0 Å². The highest BCUT2D eigenvalue weighted by Crippen LogP contribution is 2.30. The van der Waals surface area contributed by atoms with Crippen LogP contribution in [0, 0.1) is 0 Å². The molecule has 3 aromatic rings. The number of alkyl halides is 6. The molecule has 9 heteroatoms. The third-order valence-electron chi connectivity index (χ3n) is 4.24. The number of hydrogen-bond acceptors (Lipinski definition) is 3. The first-order chi connectivity index (χ1) is 14.1. The second kappa shape index (κ2) is 8.64. The number of benzene rings is 2.